The van der Waals surface area contributed by atoms with Crippen LogP contribution in [-0.2, 0) is 11.2 Å². The smallest absolute Gasteiger partial charge is 0.338 e. The summed E-state index contributed by atoms with van der Waals surface area (Å²) in [6.07, 6.45) is 7.52. The van der Waals surface area contributed by atoms with Gasteiger partial charge in [-0.15, -0.1) is 0 Å². The molecule has 0 aromatic heterocycles. The first-order chi connectivity index (χ1) is 9.22. The van der Waals surface area contributed by atoms with Crippen molar-refractivity contribution in [3.8, 4) is 0 Å². The zero-order valence-corrected chi connectivity index (χ0v) is 11.5. The summed E-state index contributed by atoms with van der Waals surface area (Å²) in [6, 6.07) is 5.90. The summed E-state index contributed by atoms with van der Waals surface area (Å²) in [5, 5.41) is 3.70. The van der Waals surface area contributed by atoms with Crippen LogP contribution in [0.5, 0.6) is 0 Å². The third-order valence-corrected chi connectivity index (χ3v) is 4.36. The third kappa shape index (κ3) is 2.34. The van der Waals surface area contributed by atoms with Crippen LogP contribution in [0, 0.1) is 0 Å². The van der Waals surface area contributed by atoms with E-state index in [1.165, 1.54) is 43.4 Å². The number of fused-ring (bicyclic) bond motifs is 1. The van der Waals surface area contributed by atoms with Crippen molar-refractivity contribution in [1.82, 2.24) is 0 Å². The van der Waals surface area contributed by atoms with Gasteiger partial charge in [-0.2, -0.15) is 0 Å². The normalized spacial score (nSPS) is 19.8. The van der Waals surface area contributed by atoms with Crippen molar-refractivity contribution in [2.24, 2.45) is 0 Å². The highest BCUT2D eigenvalue weighted by atomic mass is 16.5. The van der Waals surface area contributed by atoms with Crippen LogP contribution in [-0.4, -0.2) is 18.1 Å². The minimum absolute atomic E-state index is 0.213. The molecule has 0 atom stereocenters. The van der Waals surface area contributed by atoms with Crippen molar-refractivity contribution in [3.05, 3.63) is 29.3 Å². The van der Waals surface area contributed by atoms with Gasteiger partial charge in [-0.05, 0) is 49.9 Å². The fraction of sp³-hybridized carbons (Fsp3) is 0.562. The molecule has 1 aromatic rings. The van der Waals surface area contributed by atoms with Gasteiger partial charge in [-0.25, -0.2) is 4.79 Å². The monoisotopic (exact) mass is 259 g/mol. The number of carbonyl (C=O) groups is 1. The predicted molar refractivity (Wildman–Crippen MR) is 75.5 cm³/mol. The average Bonchev–Trinajstić information content (AvgIpc) is 2.76. The Morgan fingerprint density at radius 3 is 2.84 bits per heavy atom. The number of esters is 1. The van der Waals surface area contributed by atoms with Crippen LogP contribution in [0.3, 0.4) is 0 Å². The minimum Gasteiger partial charge on any atom is -0.462 e. The van der Waals surface area contributed by atoms with Crippen LogP contribution in [0.25, 0.3) is 0 Å². The number of nitrogens with one attached hydrogen (secondary N) is 1. The first-order valence-corrected chi connectivity index (χ1v) is 7.31. The summed E-state index contributed by atoms with van der Waals surface area (Å²) in [6.45, 7) is 2.27. The molecular weight excluding hydrogens is 238 g/mol. The fourth-order valence-electron chi connectivity index (χ4n) is 3.43. The Hall–Kier alpha value is -1.51. The Morgan fingerprint density at radius 2 is 2.11 bits per heavy atom. The molecule has 0 amide bonds. The van der Waals surface area contributed by atoms with Crippen molar-refractivity contribution in [3.63, 3.8) is 0 Å². The number of benzene rings is 1. The van der Waals surface area contributed by atoms with Gasteiger partial charge in [-0.3, -0.25) is 0 Å². The van der Waals surface area contributed by atoms with Crippen molar-refractivity contribution in [2.75, 3.05) is 11.9 Å². The molecule has 102 valence electrons. The van der Waals surface area contributed by atoms with E-state index in [0.717, 1.165) is 6.42 Å². The first-order valence-electron chi connectivity index (χ1n) is 7.31. The zero-order chi connectivity index (χ0) is 13.3. The lowest BCUT2D eigenvalue weighted by molar-refractivity contribution is 0.0526. The molecule has 3 rings (SSSR count). The molecule has 1 heterocycles. The van der Waals surface area contributed by atoms with E-state index in [1.807, 2.05) is 25.1 Å². The van der Waals surface area contributed by atoms with E-state index in [-0.39, 0.29) is 11.5 Å². The molecule has 19 heavy (non-hydrogen) atoms. The number of hydrogen-bond acceptors (Lipinski definition) is 3. The van der Waals surface area contributed by atoms with E-state index in [9.17, 15) is 4.79 Å². The molecule has 0 radical (unpaired) electrons. The summed E-state index contributed by atoms with van der Waals surface area (Å²) in [7, 11) is 0. The quantitative estimate of drug-likeness (QED) is 0.826. The Bertz CT molecular complexity index is 490. The molecule has 1 saturated carbocycles. The predicted octanol–water partition coefficient (Wildman–Crippen LogP) is 3.53. The Kier molecular flexibility index (Phi) is 3.21. The topological polar surface area (TPSA) is 38.3 Å². The summed E-state index contributed by atoms with van der Waals surface area (Å²) in [5.41, 5.74) is 3.41. The molecule has 2 aliphatic rings. The van der Waals surface area contributed by atoms with E-state index in [4.69, 9.17) is 4.74 Å². The lowest BCUT2D eigenvalue weighted by Crippen LogP contribution is -2.38. The van der Waals surface area contributed by atoms with Crippen LogP contribution >= 0.6 is 0 Å². The second kappa shape index (κ2) is 4.87. The second-order valence-electron chi connectivity index (χ2n) is 5.74. The lowest BCUT2D eigenvalue weighted by atomic mass is 9.80. The van der Waals surface area contributed by atoms with E-state index in [1.54, 1.807) is 0 Å². The van der Waals surface area contributed by atoms with Gasteiger partial charge in [0.15, 0.2) is 0 Å². The molecule has 1 aliphatic carbocycles. The molecule has 3 nitrogen and oxygen atoms in total. The molecule has 1 aliphatic heterocycles. The molecule has 1 aromatic carbocycles. The standard InChI is InChI=1S/C16H21NO2/c1-2-19-15(18)12-6-7-14-13(10-12)11-16(17-14)8-4-3-5-9-16/h6-7,10,17H,2-5,8-9,11H2,1H3. The molecular formula is C16H21NO2. The summed E-state index contributed by atoms with van der Waals surface area (Å²) < 4.78 is 5.07. The van der Waals surface area contributed by atoms with Crippen molar-refractivity contribution in [1.29, 1.82) is 0 Å². The van der Waals surface area contributed by atoms with Gasteiger partial charge in [0.2, 0.25) is 0 Å². The number of rotatable bonds is 2. The van der Waals surface area contributed by atoms with Crippen LogP contribution < -0.4 is 5.32 Å². The van der Waals surface area contributed by atoms with Crippen molar-refractivity contribution >= 4 is 11.7 Å². The van der Waals surface area contributed by atoms with E-state index >= 15 is 0 Å². The van der Waals surface area contributed by atoms with Gasteiger partial charge in [0.25, 0.3) is 0 Å². The molecule has 0 bridgehead atoms. The number of hydrogen-bond donors (Lipinski definition) is 1. The summed E-state index contributed by atoms with van der Waals surface area (Å²) >= 11 is 0. The Labute approximate surface area is 114 Å². The number of carbonyl (C=O) groups excluding carboxylic acids is 1. The van der Waals surface area contributed by atoms with E-state index < -0.39 is 0 Å². The van der Waals surface area contributed by atoms with E-state index in [2.05, 4.69) is 5.32 Å². The van der Waals surface area contributed by atoms with Gasteiger partial charge < -0.3 is 10.1 Å². The Morgan fingerprint density at radius 1 is 1.32 bits per heavy atom. The van der Waals surface area contributed by atoms with Gasteiger partial charge >= 0.3 is 5.97 Å². The lowest BCUT2D eigenvalue weighted by Gasteiger charge is -2.34. The maximum absolute atomic E-state index is 11.8. The number of anilines is 1. The second-order valence-corrected chi connectivity index (χ2v) is 5.74. The van der Waals surface area contributed by atoms with Crippen LogP contribution in [0.1, 0.15) is 54.9 Å². The molecule has 1 N–H and O–H groups in total. The van der Waals surface area contributed by atoms with Crippen molar-refractivity contribution < 1.29 is 9.53 Å². The summed E-state index contributed by atoms with van der Waals surface area (Å²) in [5.74, 6) is -0.213. The third-order valence-electron chi connectivity index (χ3n) is 4.36. The molecule has 3 heteroatoms. The molecule has 0 saturated heterocycles. The average molecular weight is 259 g/mol. The van der Waals surface area contributed by atoms with Crippen molar-refractivity contribution in [2.45, 2.75) is 51.0 Å². The Balaban J connectivity index is 1.81. The van der Waals surface area contributed by atoms with Crippen LogP contribution in [0.4, 0.5) is 5.69 Å². The highest BCUT2D eigenvalue weighted by Crippen LogP contribution is 2.41. The maximum Gasteiger partial charge on any atom is 0.338 e. The fourth-order valence-corrected chi connectivity index (χ4v) is 3.43. The van der Waals surface area contributed by atoms with Gasteiger partial charge in [0.05, 0.1) is 12.2 Å². The highest BCUT2D eigenvalue weighted by Gasteiger charge is 2.37. The maximum atomic E-state index is 11.8. The number of ether oxygens (including phenoxy) is 1. The molecule has 1 fully saturated rings. The van der Waals surface area contributed by atoms with Crippen LogP contribution in [0.2, 0.25) is 0 Å². The zero-order valence-electron chi connectivity index (χ0n) is 11.5. The van der Waals surface area contributed by atoms with Gasteiger partial charge in [0, 0.05) is 11.2 Å². The molecule has 0 unspecified atom stereocenters. The minimum atomic E-state index is -0.213. The SMILES string of the molecule is CCOC(=O)c1ccc2c(c1)CC1(CCCCC1)N2. The summed E-state index contributed by atoms with van der Waals surface area (Å²) in [4.78, 5) is 11.8. The largest absolute Gasteiger partial charge is 0.462 e. The first kappa shape index (κ1) is 12.5. The van der Waals surface area contributed by atoms with Crippen LogP contribution in [0.15, 0.2) is 18.2 Å². The highest BCUT2D eigenvalue weighted by molar-refractivity contribution is 5.90. The molecule has 1 spiro atoms. The van der Waals surface area contributed by atoms with Gasteiger partial charge in [0.1, 0.15) is 0 Å². The van der Waals surface area contributed by atoms with Gasteiger partial charge in [-0.1, -0.05) is 19.3 Å². The van der Waals surface area contributed by atoms with E-state index in [0.29, 0.717) is 12.2 Å².